The van der Waals surface area contributed by atoms with Crippen molar-refractivity contribution >= 4 is 16.9 Å². The lowest BCUT2D eigenvalue weighted by atomic mass is 9.84. The summed E-state index contributed by atoms with van der Waals surface area (Å²) >= 11 is 0. The van der Waals surface area contributed by atoms with Gasteiger partial charge in [-0.3, -0.25) is 9.59 Å². The standard InChI is InChI=1S/C21H23N5O2/c27-20(23-8-7-19-24-16-3-1-2-4-17(16)25-19)15-5-6-18-14-9-13(10-22-11-14)12-26(18)21(15)28/h1-6,13-14,22H,7-12H2,(H,23,27)(H,24,25)/t13-,14+/m0/s1. The Balaban J connectivity index is 1.29. The number of aromatic amines is 1. The number of aromatic nitrogens is 3. The van der Waals surface area contributed by atoms with Gasteiger partial charge in [0.05, 0.1) is 11.0 Å². The molecule has 28 heavy (non-hydrogen) atoms. The highest BCUT2D eigenvalue weighted by atomic mass is 16.2. The first kappa shape index (κ1) is 17.2. The van der Waals surface area contributed by atoms with Gasteiger partial charge in [0.2, 0.25) is 0 Å². The number of nitrogens with zero attached hydrogens (tertiary/aromatic N) is 2. The fraction of sp³-hybridized carbons (Fsp3) is 0.381. The Labute approximate surface area is 162 Å². The van der Waals surface area contributed by atoms with Crippen molar-refractivity contribution in [3.05, 3.63) is 63.8 Å². The Morgan fingerprint density at radius 3 is 3.00 bits per heavy atom. The van der Waals surface area contributed by atoms with Crippen LogP contribution in [-0.4, -0.2) is 40.1 Å². The van der Waals surface area contributed by atoms with Gasteiger partial charge in [0.15, 0.2) is 0 Å². The van der Waals surface area contributed by atoms with E-state index in [9.17, 15) is 9.59 Å². The van der Waals surface area contributed by atoms with Crippen LogP contribution >= 0.6 is 0 Å². The van der Waals surface area contributed by atoms with Crippen LogP contribution < -0.4 is 16.2 Å². The molecule has 7 nitrogen and oxygen atoms in total. The van der Waals surface area contributed by atoms with Crippen molar-refractivity contribution in [2.24, 2.45) is 5.92 Å². The molecule has 2 atom stereocenters. The fourth-order valence-electron chi connectivity index (χ4n) is 4.48. The molecule has 2 bridgehead atoms. The molecular formula is C21H23N5O2. The molecule has 3 N–H and O–H groups in total. The summed E-state index contributed by atoms with van der Waals surface area (Å²) in [6, 6.07) is 11.5. The molecule has 0 radical (unpaired) electrons. The molecule has 4 heterocycles. The lowest BCUT2D eigenvalue weighted by Gasteiger charge is -2.37. The third-order valence-corrected chi connectivity index (χ3v) is 5.84. The van der Waals surface area contributed by atoms with Gasteiger partial charge in [0.1, 0.15) is 11.4 Å². The van der Waals surface area contributed by atoms with E-state index in [0.29, 0.717) is 31.3 Å². The van der Waals surface area contributed by atoms with Gasteiger partial charge in [0.25, 0.3) is 11.5 Å². The third-order valence-electron chi connectivity index (χ3n) is 5.84. The number of nitrogens with one attached hydrogen (secondary N) is 3. The first-order chi connectivity index (χ1) is 13.7. The van der Waals surface area contributed by atoms with Crippen molar-refractivity contribution in [3.8, 4) is 0 Å². The van der Waals surface area contributed by atoms with Crippen LogP contribution in [0.3, 0.4) is 0 Å². The topological polar surface area (TPSA) is 91.8 Å². The average Bonchev–Trinajstić information content (AvgIpc) is 3.12. The van der Waals surface area contributed by atoms with E-state index in [1.165, 1.54) is 0 Å². The van der Waals surface area contributed by atoms with Crippen LogP contribution in [-0.2, 0) is 13.0 Å². The molecule has 0 saturated carbocycles. The molecule has 144 valence electrons. The number of hydrogen-bond acceptors (Lipinski definition) is 4. The first-order valence-electron chi connectivity index (χ1n) is 9.85. The van der Waals surface area contributed by atoms with E-state index in [1.807, 2.05) is 34.9 Å². The second-order valence-electron chi connectivity index (χ2n) is 7.75. The van der Waals surface area contributed by atoms with Crippen LogP contribution in [0.15, 0.2) is 41.2 Å². The van der Waals surface area contributed by atoms with Crippen molar-refractivity contribution in [3.63, 3.8) is 0 Å². The van der Waals surface area contributed by atoms with E-state index in [-0.39, 0.29) is 17.0 Å². The number of imidazole rings is 1. The number of carbonyl (C=O) groups is 1. The highest BCUT2D eigenvalue weighted by Crippen LogP contribution is 2.31. The maximum Gasteiger partial charge on any atom is 0.263 e. The minimum atomic E-state index is -0.315. The summed E-state index contributed by atoms with van der Waals surface area (Å²) in [6.45, 7) is 2.96. The molecule has 0 unspecified atom stereocenters. The molecule has 3 aromatic rings. The molecule has 0 aliphatic carbocycles. The van der Waals surface area contributed by atoms with Crippen LogP contribution in [0, 0.1) is 5.92 Å². The monoisotopic (exact) mass is 377 g/mol. The molecule has 2 aromatic heterocycles. The van der Waals surface area contributed by atoms with E-state index >= 15 is 0 Å². The van der Waals surface area contributed by atoms with Gasteiger partial charge in [-0.1, -0.05) is 12.1 Å². The lowest BCUT2D eigenvalue weighted by Crippen LogP contribution is -2.46. The molecule has 1 saturated heterocycles. The van der Waals surface area contributed by atoms with Crippen molar-refractivity contribution < 1.29 is 4.79 Å². The van der Waals surface area contributed by atoms with Crippen LogP contribution in [0.1, 0.15) is 34.2 Å². The highest BCUT2D eigenvalue weighted by molar-refractivity contribution is 5.93. The van der Waals surface area contributed by atoms with Crippen molar-refractivity contribution in [2.45, 2.75) is 25.3 Å². The van der Waals surface area contributed by atoms with Gasteiger partial charge in [-0.25, -0.2) is 4.98 Å². The van der Waals surface area contributed by atoms with Crippen molar-refractivity contribution in [1.82, 2.24) is 25.2 Å². The Morgan fingerprint density at radius 2 is 2.11 bits per heavy atom. The number of fused-ring (bicyclic) bond motifs is 5. The maximum atomic E-state index is 12.9. The van der Waals surface area contributed by atoms with Gasteiger partial charge in [-0.15, -0.1) is 0 Å². The SMILES string of the molecule is O=C(NCCc1nc2ccccc2[nH]1)c1ccc2n(c1=O)C[C@@H]1CNC[C@H]2C1. The number of pyridine rings is 1. The molecule has 0 spiro atoms. The Kier molecular flexibility index (Phi) is 4.24. The van der Waals surface area contributed by atoms with Crippen LogP contribution in [0.5, 0.6) is 0 Å². The molecule has 7 heteroatoms. The fourth-order valence-corrected chi connectivity index (χ4v) is 4.48. The van der Waals surface area contributed by atoms with Gasteiger partial charge in [-0.2, -0.15) is 0 Å². The molecule has 1 fully saturated rings. The molecular weight excluding hydrogens is 354 g/mol. The summed E-state index contributed by atoms with van der Waals surface area (Å²) in [5.41, 5.74) is 3.00. The van der Waals surface area contributed by atoms with Crippen LogP contribution in [0.4, 0.5) is 0 Å². The Morgan fingerprint density at radius 1 is 1.21 bits per heavy atom. The molecule has 2 aliphatic heterocycles. The van der Waals surface area contributed by atoms with Crippen molar-refractivity contribution in [1.29, 1.82) is 0 Å². The molecule has 5 rings (SSSR count). The number of amides is 1. The van der Waals surface area contributed by atoms with Crippen LogP contribution in [0.2, 0.25) is 0 Å². The van der Waals surface area contributed by atoms with Gasteiger partial charge >= 0.3 is 0 Å². The van der Waals surface area contributed by atoms with E-state index in [4.69, 9.17) is 0 Å². The van der Waals surface area contributed by atoms with E-state index < -0.39 is 0 Å². The third kappa shape index (κ3) is 3.01. The molecule has 1 aromatic carbocycles. The quantitative estimate of drug-likeness (QED) is 0.641. The number of piperidine rings is 1. The minimum absolute atomic E-state index is 0.171. The predicted octanol–water partition coefficient (Wildman–Crippen LogP) is 1.40. The number of hydrogen-bond donors (Lipinski definition) is 3. The first-order valence-corrected chi connectivity index (χ1v) is 9.85. The zero-order valence-electron chi connectivity index (χ0n) is 15.6. The summed E-state index contributed by atoms with van der Waals surface area (Å²) < 4.78 is 1.81. The zero-order chi connectivity index (χ0) is 19.1. The number of H-pyrrole nitrogens is 1. The molecule has 2 aliphatic rings. The number of benzene rings is 1. The number of carbonyl (C=O) groups excluding carboxylic acids is 1. The molecule has 1 amide bonds. The second kappa shape index (κ2) is 6.91. The largest absolute Gasteiger partial charge is 0.351 e. The highest BCUT2D eigenvalue weighted by Gasteiger charge is 2.31. The normalized spacial score (nSPS) is 20.7. The summed E-state index contributed by atoms with van der Waals surface area (Å²) in [4.78, 5) is 33.3. The Hall–Kier alpha value is -2.93. The zero-order valence-corrected chi connectivity index (χ0v) is 15.6. The van der Waals surface area contributed by atoms with Crippen molar-refractivity contribution in [2.75, 3.05) is 19.6 Å². The number of para-hydroxylation sites is 2. The number of rotatable bonds is 4. The van der Waals surface area contributed by atoms with E-state index in [2.05, 4.69) is 20.6 Å². The predicted molar refractivity (Wildman–Crippen MR) is 107 cm³/mol. The maximum absolute atomic E-state index is 12.9. The minimum Gasteiger partial charge on any atom is -0.351 e. The summed E-state index contributed by atoms with van der Waals surface area (Å²) in [5.74, 6) is 1.34. The Bertz CT molecular complexity index is 1070. The summed E-state index contributed by atoms with van der Waals surface area (Å²) in [6.07, 6.45) is 1.71. The second-order valence-corrected chi connectivity index (χ2v) is 7.75. The lowest BCUT2D eigenvalue weighted by molar-refractivity contribution is 0.0951. The smallest absolute Gasteiger partial charge is 0.263 e. The summed E-state index contributed by atoms with van der Waals surface area (Å²) in [7, 11) is 0. The van der Waals surface area contributed by atoms with Gasteiger partial charge in [-0.05, 0) is 43.1 Å². The van der Waals surface area contributed by atoms with E-state index in [1.54, 1.807) is 6.07 Å². The average molecular weight is 377 g/mol. The van der Waals surface area contributed by atoms with E-state index in [0.717, 1.165) is 42.1 Å². The van der Waals surface area contributed by atoms with Gasteiger partial charge < -0.3 is 20.2 Å². The van der Waals surface area contributed by atoms with Crippen LogP contribution in [0.25, 0.3) is 11.0 Å². The summed E-state index contributed by atoms with van der Waals surface area (Å²) in [5, 5.41) is 6.30. The van der Waals surface area contributed by atoms with Gasteiger partial charge in [0, 0.05) is 37.7 Å².